The van der Waals surface area contributed by atoms with Gasteiger partial charge in [0.25, 0.3) is 0 Å². The van der Waals surface area contributed by atoms with E-state index in [1.54, 1.807) is 0 Å². The summed E-state index contributed by atoms with van der Waals surface area (Å²) >= 11 is 6.11. The summed E-state index contributed by atoms with van der Waals surface area (Å²) < 4.78 is 14.3. The Morgan fingerprint density at radius 1 is 0.519 bits per heavy atom. The minimum atomic E-state index is -2.92. The summed E-state index contributed by atoms with van der Waals surface area (Å²) in [6.07, 6.45) is 0. The molecule has 0 radical (unpaired) electrons. The third-order valence-corrected chi connectivity index (χ3v) is 7.94. The quantitative estimate of drug-likeness (QED) is 0.413. The van der Waals surface area contributed by atoms with Crippen molar-refractivity contribution < 1.29 is 4.57 Å². The van der Waals surface area contributed by atoms with Gasteiger partial charge in [0.15, 0.2) is 7.14 Å². The van der Waals surface area contributed by atoms with Crippen LogP contribution in [-0.2, 0) is 4.57 Å². The molecule has 27 heavy (non-hydrogen) atoms. The summed E-state index contributed by atoms with van der Waals surface area (Å²) in [7, 11) is -2.92. The zero-order valence-corrected chi connectivity index (χ0v) is 16.3. The molecule has 0 aliphatic carbocycles. The smallest absolute Gasteiger partial charge is 0.171 e. The van der Waals surface area contributed by atoms with Gasteiger partial charge in [-0.15, -0.1) is 0 Å². The highest BCUT2D eigenvalue weighted by molar-refractivity contribution is 7.85. The highest BCUT2D eigenvalue weighted by Gasteiger charge is 2.29. The van der Waals surface area contributed by atoms with Gasteiger partial charge in [-0.2, -0.15) is 0 Å². The lowest BCUT2D eigenvalue weighted by Gasteiger charge is -2.20. The fraction of sp³-hybridized carbons (Fsp3) is 0. The largest absolute Gasteiger partial charge is 0.309 e. The van der Waals surface area contributed by atoms with E-state index in [2.05, 4.69) is 0 Å². The maximum absolute atomic E-state index is 14.3. The van der Waals surface area contributed by atoms with Crippen molar-refractivity contribution in [3.8, 4) is 11.1 Å². The van der Waals surface area contributed by atoms with Crippen molar-refractivity contribution in [3.63, 3.8) is 0 Å². The van der Waals surface area contributed by atoms with E-state index >= 15 is 0 Å². The monoisotopic (exact) mass is 388 g/mol. The van der Waals surface area contributed by atoms with Crippen LogP contribution in [0.4, 0.5) is 0 Å². The van der Waals surface area contributed by atoms with E-state index in [1.165, 1.54) is 0 Å². The van der Waals surface area contributed by atoms with Crippen LogP contribution in [0.15, 0.2) is 109 Å². The molecule has 0 spiro atoms. The summed E-state index contributed by atoms with van der Waals surface area (Å²) in [5.41, 5.74) is 2.09. The van der Waals surface area contributed by atoms with Gasteiger partial charge in [0, 0.05) is 20.9 Å². The molecule has 132 valence electrons. The van der Waals surface area contributed by atoms with Crippen LogP contribution < -0.4 is 15.9 Å². The molecular weight excluding hydrogens is 371 g/mol. The average Bonchev–Trinajstić information content (AvgIpc) is 2.74. The molecule has 0 heterocycles. The van der Waals surface area contributed by atoms with Crippen LogP contribution in [0.3, 0.4) is 0 Å². The van der Waals surface area contributed by atoms with Crippen LogP contribution in [0.1, 0.15) is 0 Å². The van der Waals surface area contributed by atoms with Crippen LogP contribution in [0.5, 0.6) is 0 Å². The lowest BCUT2D eigenvalue weighted by Crippen LogP contribution is -2.24. The van der Waals surface area contributed by atoms with E-state index in [1.807, 2.05) is 109 Å². The Balaban J connectivity index is 1.83. The first-order valence-electron chi connectivity index (χ1n) is 8.76. The van der Waals surface area contributed by atoms with E-state index in [0.717, 1.165) is 27.0 Å². The second-order valence-electron chi connectivity index (χ2n) is 6.34. The van der Waals surface area contributed by atoms with E-state index in [-0.39, 0.29) is 0 Å². The van der Waals surface area contributed by atoms with Gasteiger partial charge in [0.05, 0.1) is 0 Å². The Morgan fingerprint density at radius 2 is 1.04 bits per heavy atom. The van der Waals surface area contributed by atoms with Gasteiger partial charge in [-0.1, -0.05) is 109 Å². The van der Waals surface area contributed by atoms with Crippen molar-refractivity contribution >= 4 is 34.7 Å². The molecule has 0 aliphatic heterocycles. The molecule has 3 heteroatoms. The topological polar surface area (TPSA) is 17.1 Å². The molecule has 0 aliphatic rings. The van der Waals surface area contributed by atoms with Crippen molar-refractivity contribution in [3.05, 3.63) is 114 Å². The van der Waals surface area contributed by atoms with Crippen molar-refractivity contribution in [1.29, 1.82) is 0 Å². The van der Waals surface area contributed by atoms with Crippen molar-refractivity contribution in [2.75, 3.05) is 0 Å². The van der Waals surface area contributed by atoms with Gasteiger partial charge in [0.2, 0.25) is 0 Å². The Kier molecular flexibility index (Phi) is 4.99. The minimum Gasteiger partial charge on any atom is -0.309 e. The molecular formula is C24H18ClOP. The van der Waals surface area contributed by atoms with Crippen LogP contribution in [-0.4, -0.2) is 0 Å². The van der Waals surface area contributed by atoms with Crippen molar-refractivity contribution in [2.24, 2.45) is 0 Å². The third kappa shape index (κ3) is 3.49. The summed E-state index contributed by atoms with van der Waals surface area (Å²) in [6.45, 7) is 0. The lowest BCUT2D eigenvalue weighted by atomic mass is 10.1. The molecule has 0 N–H and O–H groups in total. The molecule has 0 saturated heterocycles. The third-order valence-electron chi connectivity index (χ3n) is 4.63. The second kappa shape index (κ2) is 7.56. The van der Waals surface area contributed by atoms with E-state index in [9.17, 15) is 4.57 Å². The van der Waals surface area contributed by atoms with Crippen molar-refractivity contribution in [1.82, 2.24) is 0 Å². The Morgan fingerprint density at radius 3 is 1.56 bits per heavy atom. The normalized spacial score (nSPS) is 11.3. The first-order valence-corrected chi connectivity index (χ1v) is 10.8. The Labute approximate surface area is 164 Å². The van der Waals surface area contributed by atoms with Crippen LogP contribution in [0, 0.1) is 0 Å². The molecule has 0 atom stereocenters. The maximum atomic E-state index is 14.3. The fourth-order valence-electron chi connectivity index (χ4n) is 3.25. The summed E-state index contributed by atoms with van der Waals surface area (Å²) in [4.78, 5) is 0. The molecule has 0 amide bonds. The van der Waals surface area contributed by atoms with Gasteiger partial charge in [-0.3, -0.25) is 0 Å². The SMILES string of the molecule is O=P(c1ccccc1)(c1ccccc1)c1ccc(-c2cccc(Cl)c2)cc1. The molecule has 0 aromatic heterocycles. The predicted octanol–water partition coefficient (Wildman–Crippen LogP) is 5.65. The predicted molar refractivity (Wildman–Crippen MR) is 116 cm³/mol. The summed E-state index contributed by atoms with van der Waals surface area (Å²) in [5, 5.41) is 3.21. The first kappa shape index (κ1) is 17.8. The minimum absolute atomic E-state index is 0.704. The first-order chi connectivity index (χ1) is 13.2. The average molecular weight is 389 g/mol. The van der Waals surface area contributed by atoms with E-state index in [4.69, 9.17) is 11.6 Å². The molecule has 1 nitrogen and oxygen atoms in total. The zero-order valence-electron chi connectivity index (χ0n) is 14.6. The second-order valence-corrected chi connectivity index (χ2v) is 9.54. The fourth-order valence-corrected chi connectivity index (χ4v) is 6.09. The summed E-state index contributed by atoms with van der Waals surface area (Å²) in [6, 6.07) is 35.1. The van der Waals surface area contributed by atoms with Crippen LogP contribution in [0.25, 0.3) is 11.1 Å². The molecule has 0 bridgehead atoms. The van der Waals surface area contributed by atoms with Crippen LogP contribution in [0.2, 0.25) is 5.02 Å². The highest BCUT2D eigenvalue weighted by Crippen LogP contribution is 2.42. The van der Waals surface area contributed by atoms with Gasteiger partial charge in [-0.05, 0) is 23.3 Å². The van der Waals surface area contributed by atoms with E-state index in [0.29, 0.717) is 5.02 Å². The van der Waals surface area contributed by atoms with Gasteiger partial charge in [0.1, 0.15) is 0 Å². The standard InChI is InChI=1S/C24H18ClOP/c25-21-9-7-8-20(18-21)19-14-16-24(17-15-19)27(26,22-10-3-1-4-11-22)23-12-5-2-6-13-23/h1-18H. The Hall–Kier alpha value is -2.60. The number of halogens is 1. The van der Waals surface area contributed by atoms with Crippen molar-refractivity contribution in [2.45, 2.75) is 0 Å². The molecule has 0 fully saturated rings. The Bertz CT molecular complexity index is 1050. The van der Waals surface area contributed by atoms with E-state index < -0.39 is 7.14 Å². The number of hydrogen-bond acceptors (Lipinski definition) is 1. The van der Waals surface area contributed by atoms with Gasteiger partial charge in [-0.25, -0.2) is 0 Å². The maximum Gasteiger partial charge on any atom is 0.171 e. The molecule has 4 aromatic carbocycles. The number of rotatable bonds is 4. The molecule has 4 aromatic rings. The molecule has 0 saturated carbocycles. The highest BCUT2D eigenvalue weighted by atomic mass is 35.5. The number of hydrogen-bond donors (Lipinski definition) is 0. The molecule has 4 rings (SSSR count). The zero-order chi connectivity index (χ0) is 18.7. The number of benzene rings is 4. The summed E-state index contributed by atoms with van der Waals surface area (Å²) in [5.74, 6) is 0. The van der Waals surface area contributed by atoms with Gasteiger partial charge >= 0.3 is 0 Å². The molecule has 0 unspecified atom stereocenters. The van der Waals surface area contributed by atoms with Crippen LogP contribution >= 0.6 is 18.7 Å². The van der Waals surface area contributed by atoms with Gasteiger partial charge < -0.3 is 4.57 Å². The lowest BCUT2D eigenvalue weighted by molar-refractivity contribution is 0.592.